The van der Waals surface area contributed by atoms with Crippen LogP contribution in [0.2, 0.25) is 0 Å². The molecule has 1 aromatic heterocycles. The van der Waals surface area contributed by atoms with Crippen molar-refractivity contribution in [2.75, 3.05) is 0 Å². The first kappa shape index (κ1) is 10.5. The fourth-order valence-corrected chi connectivity index (χ4v) is 1.43. The molecule has 1 aliphatic carbocycles. The molecule has 1 heterocycles. The van der Waals surface area contributed by atoms with Gasteiger partial charge < -0.3 is 5.73 Å². The molecule has 1 aromatic rings. The zero-order valence-electron chi connectivity index (χ0n) is 7.52. The minimum atomic E-state index is 0. The lowest BCUT2D eigenvalue weighted by molar-refractivity contribution is 0.583. The number of hydrogen-bond donors (Lipinski definition) is 1. The van der Waals surface area contributed by atoms with Crippen LogP contribution >= 0.6 is 12.4 Å². The molecule has 1 fully saturated rings. The van der Waals surface area contributed by atoms with Crippen LogP contribution in [-0.2, 0) is 0 Å². The van der Waals surface area contributed by atoms with Crippen LogP contribution in [0.25, 0.3) is 0 Å². The summed E-state index contributed by atoms with van der Waals surface area (Å²) in [5, 5.41) is 0. The lowest BCUT2D eigenvalue weighted by Crippen LogP contribution is -2.12. The van der Waals surface area contributed by atoms with Crippen molar-refractivity contribution >= 4 is 12.4 Å². The number of aromatic nitrogens is 1. The van der Waals surface area contributed by atoms with Crippen molar-refractivity contribution in [3.63, 3.8) is 0 Å². The molecular formula is C10H15ClN2. The summed E-state index contributed by atoms with van der Waals surface area (Å²) >= 11 is 0. The largest absolute Gasteiger partial charge is 0.323 e. The van der Waals surface area contributed by atoms with Crippen molar-refractivity contribution in [2.24, 2.45) is 11.7 Å². The topological polar surface area (TPSA) is 38.9 Å². The zero-order valence-corrected chi connectivity index (χ0v) is 8.33. The number of hydrogen-bond acceptors (Lipinski definition) is 2. The van der Waals surface area contributed by atoms with Crippen molar-refractivity contribution < 1.29 is 0 Å². The number of nitrogens with zero attached hydrogens (tertiary/aromatic N) is 1. The molecule has 0 saturated heterocycles. The third-order valence-electron chi connectivity index (χ3n) is 2.35. The first-order chi connectivity index (χ1) is 5.86. The molecule has 0 amide bonds. The monoisotopic (exact) mass is 198 g/mol. The maximum absolute atomic E-state index is 5.97. The third-order valence-corrected chi connectivity index (χ3v) is 2.35. The van der Waals surface area contributed by atoms with E-state index in [2.05, 4.69) is 4.98 Å². The van der Waals surface area contributed by atoms with Crippen LogP contribution in [0.3, 0.4) is 0 Å². The van der Waals surface area contributed by atoms with Gasteiger partial charge in [-0.1, -0.05) is 18.9 Å². The Kier molecular flexibility index (Phi) is 3.70. The molecule has 2 nitrogen and oxygen atoms in total. The Morgan fingerprint density at radius 3 is 2.77 bits per heavy atom. The molecule has 1 aliphatic rings. The average Bonchev–Trinajstić information content (AvgIpc) is 2.90. The van der Waals surface area contributed by atoms with Gasteiger partial charge in [0.15, 0.2) is 0 Å². The van der Waals surface area contributed by atoms with Crippen LogP contribution in [0, 0.1) is 5.92 Å². The molecule has 0 spiro atoms. The first-order valence-corrected chi connectivity index (χ1v) is 4.53. The van der Waals surface area contributed by atoms with E-state index in [4.69, 9.17) is 5.73 Å². The van der Waals surface area contributed by atoms with Gasteiger partial charge >= 0.3 is 0 Å². The normalized spacial score (nSPS) is 17.6. The fourth-order valence-electron chi connectivity index (χ4n) is 1.43. The summed E-state index contributed by atoms with van der Waals surface area (Å²) in [6.07, 6.45) is 5.64. The SMILES string of the molecule is Cl.N[C@H](CC1CC1)c1ccccn1. The second-order valence-electron chi connectivity index (χ2n) is 3.54. The van der Waals surface area contributed by atoms with Gasteiger partial charge in [0.1, 0.15) is 0 Å². The standard InChI is InChI=1S/C10H14N2.ClH/c11-9(7-8-4-5-8)10-3-1-2-6-12-10;/h1-3,6,8-9H,4-5,7,11H2;1H/t9-;/m1./s1. The molecule has 0 aliphatic heterocycles. The second-order valence-corrected chi connectivity index (χ2v) is 3.54. The van der Waals surface area contributed by atoms with Gasteiger partial charge in [0, 0.05) is 12.2 Å². The van der Waals surface area contributed by atoms with E-state index < -0.39 is 0 Å². The number of nitrogens with two attached hydrogens (primary N) is 1. The van der Waals surface area contributed by atoms with E-state index in [1.165, 1.54) is 12.8 Å². The van der Waals surface area contributed by atoms with E-state index in [-0.39, 0.29) is 18.4 Å². The number of rotatable bonds is 3. The quantitative estimate of drug-likeness (QED) is 0.810. The minimum Gasteiger partial charge on any atom is -0.323 e. The van der Waals surface area contributed by atoms with Gasteiger partial charge in [-0.25, -0.2) is 0 Å². The molecule has 3 heteroatoms. The minimum absolute atomic E-state index is 0. The Morgan fingerprint density at radius 2 is 2.23 bits per heavy atom. The summed E-state index contributed by atoms with van der Waals surface area (Å²) < 4.78 is 0. The predicted molar refractivity (Wildman–Crippen MR) is 55.8 cm³/mol. The summed E-state index contributed by atoms with van der Waals surface area (Å²) in [5.41, 5.74) is 7.01. The maximum Gasteiger partial charge on any atom is 0.0571 e. The second kappa shape index (κ2) is 4.58. The van der Waals surface area contributed by atoms with Crippen LogP contribution in [0.15, 0.2) is 24.4 Å². The Hall–Kier alpha value is -0.600. The fraction of sp³-hybridized carbons (Fsp3) is 0.500. The highest BCUT2D eigenvalue weighted by molar-refractivity contribution is 5.85. The highest BCUT2D eigenvalue weighted by atomic mass is 35.5. The highest BCUT2D eigenvalue weighted by Crippen LogP contribution is 2.36. The summed E-state index contributed by atoms with van der Waals surface area (Å²) in [5.74, 6) is 0.877. The maximum atomic E-state index is 5.97. The first-order valence-electron chi connectivity index (χ1n) is 4.53. The van der Waals surface area contributed by atoms with E-state index >= 15 is 0 Å². The van der Waals surface area contributed by atoms with Gasteiger partial charge in [-0.3, -0.25) is 4.98 Å². The Balaban J connectivity index is 0.000000845. The molecule has 13 heavy (non-hydrogen) atoms. The molecule has 2 N–H and O–H groups in total. The smallest absolute Gasteiger partial charge is 0.0571 e. The van der Waals surface area contributed by atoms with Crippen molar-refractivity contribution in [1.29, 1.82) is 0 Å². The number of pyridine rings is 1. The molecule has 0 unspecified atom stereocenters. The van der Waals surface area contributed by atoms with Gasteiger partial charge in [0.05, 0.1) is 5.69 Å². The average molecular weight is 199 g/mol. The van der Waals surface area contributed by atoms with Gasteiger partial charge in [-0.15, -0.1) is 12.4 Å². The van der Waals surface area contributed by atoms with Crippen LogP contribution in [0.4, 0.5) is 0 Å². The van der Waals surface area contributed by atoms with Crippen LogP contribution in [0.5, 0.6) is 0 Å². The lowest BCUT2D eigenvalue weighted by atomic mass is 10.1. The third kappa shape index (κ3) is 2.98. The molecule has 0 aromatic carbocycles. The zero-order chi connectivity index (χ0) is 8.39. The molecule has 0 radical (unpaired) electrons. The van der Waals surface area contributed by atoms with E-state index in [1.807, 2.05) is 24.4 Å². The summed E-state index contributed by atoms with van der Waals surface area (Å²) in [6.45, 7) is 0. The summed E-state index contributed by atoms with van der Waals surface area (Å²) in [6, 6.07) is 6.08. The van der Waals surface area contributed by atoms with Crippen molar-refractivity contribution in [2.45, 2.75) is 25.3 Å². The van der Waals surface area contributed by atoms with E-state index in [0.29, 0.717) is 0 Å². The van der Waals surface area contributed by atoms with Gasteiger partial charge in [0.25, 0.3) is 0 Å². The summed E-state index contributed by atoms with van der Waals surface area (Å²) in [4.78, 5) is 4.23. The number of halogens is 1. The van der Waals surface area contributed by atoms with Crippen LogP contribution < -0.4 is 5.73 Å². The van der Waals surface area contributed by atoms with Crippen LogP contribution in [0.1, 0.15) is 31.0 Å². The predicted octanol–water partition coefficient (Wildman–Crippen LogP) is 2.30. The molecule has 2 rings (SSSR count). The molecular weight excluding hydrogens is 184 g/mol. The van der Waals surface area contributed by atoms with Gasteiger partial charge in [0.2, 0.25) is 0 Å². The molecule has 72 valence electrons. The molecule has 1 atom stereocenters. The van der Waals surface area contributed by atoms with Gasteiger partial charge in [-0.05, 0) is 24.5 Å². The van der Waals surface area contributed by atoms with E-state index in [0.717, 1.165) is 18.0 Å². The molecule has 1 saturated carbocycles. The Bertz CT molecular complexity index is 246. The summed E-state index contributed by atoms with van der Waals surface area (Å²) in [7, 11) is 0. The lowest BCUT2D eigenvalue weighted by Gasteiger charge is -2.08. The van der Waals surface area contributed by atoms with Crippen molar-refractivity contribution in [3.8, 4) is 0 Å². The van der Waals surface area contributed by atoms with Crippen molar-refractivity contribution in [1.82, 2.24) is 4.98 Å². The Labute approximate surface area is 85.0 Å². The van der Waals surface area contributed by atoms with E-state index in [1.54, 1.807) is 0 Å². The van der Waals surface area contributed by atoms with Crippen LogP contribution in [-0.4, -0.2) is 4.98 Å². The highest BCUT2D eigenvalue weighted by Gasteiger charge is 2.24. The van der Waals surface area contributed by atoms with Gasteiger partial charge in [-0.2, -0.15) is 0 Å². The molecule has 0 bridgehead atoms. The van der Waals surface area contributed by atoms with E-state index in [9.17, 15) is 0 Å². The van der Waals surface area contributed by atoms with Crippen molar-refractivity contribution in [3.05, 3.63) is 30.1 Å². The Morgan fingerprint density at radius 1 is 1.46 bits per heavy atom.